The zero-order valence-corrected chi connectivity index (χ0v) is 20.2. The molecule has 1 N–H and O–H groups in total. The third-order valence-electron chi connectivity index (χ3n) is 6.62. The number of aromatic nitrogens is 2. The van der Waals surface area contributed by atoms with Gasteiger partial charge in [-0.05, 0) is 48.9 Å². The first kappa shape index (κ1) is 25.2. The summed E-state index contributed by atoms with van der Waals surface area (Å²) in [4.78, 5) is 10.6. The Morgan fingerprint density at radius 3 is 2.56 bits per heavy atom. The number of benzene rings is 1. The van der Waals surface area contributed by atoms with E-state index >= 15 is 0 Å². The van der Waals surface area contributed by atoms with Gasteiger partial charge < -0.3 is 4.90 Å². The Morgan fingerprint density at radius 2 is 1.86 bits per heavy atom. The van der Waals surface area contributed by atoms with Crippen LogP contribution in [-0.2, 0) is 22.6 Å². The van der Waals surface area contributed by atoms with Gasteiger partial charge in [0.1, 0.15) is 17.0 Å². The fourth-order valence-electron chi connectivity index (χ4n) is 5.07. The van der Waals surface area contributed by atoms with Crippen molar-refractivity contribution in [2.45, 2.75) is 49.0 Å². The van der Waals surface area contributed by atoms with Gasteiger partial charge in [-0.3, -0.25) is 0 Å². The summed E-state index contributed by atoms with van der Waals surface area (Å²) in [6.07, 6.45) is -6.96. The molecule has 1 spiro atoms. The van der Waals surface area contributed by atoms with Crippen molar-refractivity contribution in [2.24, 2.45) is 5.41 Å². The van der Waals surface area contributed by atoms with Crippen molar-refractivity contribution in [3.05, 3.63) is 47.1 Å². The fourth-order valence-corrected chi connectivity index (χ4v) is 7.38. The first-order valence-corrected chi connectivity index (χ1v) is 13.3. The van der Waals surface area contributed by atoms with Crippen molar-refractivity contribution >= 4 is 37.4 Å². The SMILES string of the molecule is O=S(=O)(NC1CC2(CCN(c3ncnc4sc(CC(F)(F)F)cc34)C2)C1)c1cccc(C(F)(F)F)c1. The van der Waals surface area contributed by atoms with Crippen LogP contribution in [0.2, 0.25) is 0 Å². The average Bonchev–Trinajstić information content (AvgIpc) is 3.35. The number of alkyl halides is 6. The fraction of sp³-hybridized carbons (Fsp3) is 0.455. The molecule has 2 aliphatic rings. The second kappa shape index (κ2) is 8.55. The second-order valence-electron chi connectivity index (χ2n) is 9.34. The van der Waals surface area contributed by atoms with Crippen LogP contribution in [0.1, 0.15) is 29.7 Å². The van der Waals surface area contributed by atoms with Gasteiger partial charge in [0.05, 0.1) is 22.3 Å². The third kappa shape index (κ3) is 5.02. The molecule has 14 heteroatoms. The molecule has 0 radical (unpaired) electrons. The Balaban J connectivity index is 1.26. The molecule has 194 valence electrons. The first-order valence-electron chi connectivity index (χ1n) is 11.0. The second-order valence-corrected chi connectivity index (χ2v) is 12.2. The largest absolute Gasteiger partial charge is 0.416 e. The molecule has 0 bridgehead atoms. The molecule has 0 unspecified atom stereocenters. The van der Waals surface area contributed by atoms with Crippen LogP contribution in [0.25, 0.3) is 10.2 Å². The number of rotatable bonds is 5. The van der Waals surface area contributed by atoms with Gasteiger partial charge in [-0.25, -0.2) is 23.1 Å². The highest BCUT2D eigenvalue weighted by molar-refractivity contribution is 7.89. The molecule has 0 amide bonds. The van der Waals surface area contributed by atoms with E-state index in [0.29, 0.717) is 48.0 Å². The van der Waals surface area contributed by atoms with E-state index in [1.54, 1.807) is 0 Å². The number of fused-ring (bicyclic) bond motifs is 1. The Bertz CT molecular complexity index is 1400. The van der Waals surface area contributed by atoms with Crippen molar-refractivity contribution in [3.8, 4) is 0 Å². The lowest BCUT2D eigenvalue weighted by Crippen LogP contribution is -2.51. The summed E-state index contributed by atoms with van der Waals surface area (Å²) in [6.45, 7) is 1.15. The zero-order chi connectivity index (χ0) is 25.9. The maximum atomic E-state index is 13.0. The highest BCUT2D eigenvalue weighted by Gasteiger charge is 2.50. The normalized spacial score (nSPS) is 22.9. The summed E-state index contributed by atoms with van der Waals surface area (Å²) in [5.41, 5.74) is -1.24. The molecular formula is C22H20F6N4O2S2. The smallest absolute Gasteiger partial charge is 0.355 e. The standard InChI is InChI=1S/C22H20F6N4O2S2/c23-21(24,25)10-15-7-17-18(29-12-30-19(17)35-15)32-5-4-20(11-32)8-14(9-20)31-36(33,34)16-3-1-2-13(6-16)22(26,27)28/h1-3,6-7,12,14,31H,4-5,8-11H2. The lowest BCUT2D eigenvalue weighted by atomic mass is 9.65. The van der Waals surface area contributed by atoms with Crippen molar-refractivity contribution in [3.63, 3.8) is 0 Å². The summed E-state index contributed by atoms with van der Waals surface area (Å²) in [5, 5.41) is 0.555. The molecule has 2 fully saturated rings. The summed E-state index contributed by atoms with van der Waals surface area (Å²) < 4.78 is 105. The minimum absolute atomic E-state index is 0.154. The van der Waals surface area contributed by atoms with Gasteiger partial charge in [0.2, 0.25) is 10.0 Å². The molecule has 3 aromatic rings. The number of nitrogens with one attached hydrogen (secondary N) is 1. The van der Waals surface area contributed by atoms with Gasteiger partial charge in [-0.2, -0.15) is 26.3 Å². The highest BCUT2D eigenvalue weighted by atomic mass is 32.2. The number of halogens is 6. The van der Waals surface area contributed by atoms with Gasteiger partial charge in [0.15, 0.2) is 0 Å². The van der Waals surface area contributed by atoms with E-state index in [9.17, 15) is 34.8 Å². The van der Waals surface area contributed by atoms with E-state index in [0.717, 1.165) is 36.0 Å². The Morgan fingerprint density at radius 1 is 1.11 bits per heavy atom. The molecule has 1 aromatic carbocycles. The summed E-state index contributed by atoms with van der Waals surface area (Å²) in [5.74, 6) is 0.551. The van der Waals surface area contributed by atoms with Crippen LogP contribution in [0.5, 0.6) is 0 Å². The van der Waals surface area contributed by atoms with E-state index < -0.39 is 45.3 Å². The minimum atomic E-state index is -4.65. The molecule has 1 aliphatic heterocycles. The number of anilines is 1. The van der Waals surface area contributed by atoms with Crippen molar-refractivity contribution in [1.82, 2.24) is 14.7 Å². The molecule has 2 aromatic heterocycles. The van der Waals surface area contributed by atoms with Crippen molar-refractivity contribution < 1.29 is 34.8 Å². The topological polar surface area (TPSA) is 75.2 Å². The van der Waals surface area contributed by atoms with Crippen molar-refractivity contribution in [1.29, 1.82) is 0 Å². The highest BCUT2D eigenvalue weighted by Crippen LogP contribution is 2.50. The van der Waals surface area contributed by atoms with Crippen LogP contribution in [0, 0.1) is 5.41 Å². The molecule has 1 saturated carbocycles. The lowest BCUT2D eigenvalue weighted by molar-refractivity contribution is -0.137. The van der Waals surface area contributed by atoms with Gasteiger partial charge in [0, 0.05) is 24.0 Å². The predicted molar refractivity (Wildman–Crippen MR) is 121 cm³/mol. The van der Waals surface area contributed by atoms with Gasteiger partial charge in [-0.1, -0.05) is 6.07 Å². The van der Waals surface area contributed by atoms with Crippen LogP contribution in [-0.4, -0.2) is 43.7 Å². The molecular weight excluding hydrogens is 530 g/mol. The number of sulfonamides is 1. The predicted octanol–water partition coefficient (Wildman–Crippen LogP) is 5.15. The molecule has 1 aliphatic carbocycles. The number of hydrogen-bond donors (Lipinski definition) is 1. The van der Waals surface area contributed by atoms with E-state index in [1.165, 1.54) is 12.4 Å². The van der Waals surface area contributed by atoms with Gasteiger partial charge in [-0.15, -0.1) is 11.3 Å². The van der Waals surface area contributed by atoms with Crippen LogP contribution >= 0.6 is 11.3 Å². The average molecular weight is 551 g/mol. The molecule has 1 saturated heterocycles. The Kier molecular flexibility index (Phi) is 5.99. The number of hydrogen-bond acceptors (Lipinski definition) is 6. The summed E-state index contributed by atoms with van der Waals surface area (Å²) in [7, 11) is -4.13. The van der Waals surface area contributed by atoms with E-state index in [-0.39, 0.29) is 10.3 Å². The zero-order valence-electron chi connectivity index (χ0n) is 18.5. The van der Waals surface area contributed by atoms with E-state index in [2.05, 4.69) is 14.7 Å². The van der Waals surface area contributed by atoms with Crippen LogP contribution in [0.15, 0.2) is 41.6 Å². The van der Waals surface area contributed by atoms with Crippen molar-refractivity contribution in [2.75, 3.05) is 18.0 Å². The molecule has 3 heterocycles. The van der Waals surface area contributed by atoms with Gasteiger partial charge in [0.25, 0.3) is 0 Å². The number of thiophene rings is 1. The maximum Gasteiger partial charge on any atom is 0.416 e. The van der Waals surface area contributed by atoms with E-state index in [4.69, 9.17) is 0 Å². The lowest BCUT2D eigenvalue weighted by Gasteiger charge is -2.45. The maximum absolute atomic E-state index is 13.0. The minimum Gasteiger partial charge on any atom is -0.355 e. The summed E-state index contributed by atoms with van der Waals surface area (Å²) >= 11 is 0.979. The molecule has 36 heavy (non-hydrogen) atoms. The number of nitrogens with zero attached hydrogens (tertiary/aromatic N) is 3. The molecule has 6 nitrogen and oxygen atoms in total. The van der Waals surface area contributed by atoms with Crippen LogP contribution < -0.4 is 9.62 Å². The molecule has 0 atom stereocenters. The Hall–Kier alpha value is -2.45. The Labute approximate surface area is 206 Å². The first-order chi connectivity index (χ1) is 16.7. The van der Waals surface area contributed by atoms with Gasteiger partial charge >= 0.3 is 12.4 Å². The van der Waals surface area contributed by atoms with Crippen LogP contribution in [0.4, 0.5) is 32.2 Å². The van der Waals surface area contributed by atoms with E-state index in [1.807, 2.05) is 4.90 Å². The summed E-state index contributed by atoms with van der Waals surface area (Å²) in [6, 6.07) is 4.66. The molecule has 5 rings (SSSR count). The van der Waals surface area contributed by atoms with Crippen LogP contribution in [0.3, 0.4) is 0 Å². The quantitative estimate of drug-likeness (QED) is 0.445. The monoisotopic (exact) mass is 550 g/mol. The third-order valence-corrected chi connectivity index (χ3v) is 9.19.